The van der Waals surface area contributed by atoms with Crippen molar-refractivity contribution in [3.05, 3.63) is 294 Å². The van der Waals surface area contributed by atoms with Gasteiger partial charge in [0.25, 0.3) is 0 Å². The summed E-state index contributed by atoms with van der Waals surface area (Å²) < 4.78 is 0. The van der Waals surface area contributed by atoms with Crippen molar-refractivity contribution in [1.29, 1.82) is 0 Å². The van der Waals surface area contributed by atoms with Gasteiger partial charge < -0.3 is 4.90 Å². The summed E-state index contributed by atoms with van der Waals surface area (Å²) in [5, 5.41) is 2.52. The lowest BCUT2D eigenvalue weighted by Gasteiger charge is -2.35. The van der Waals surface area contributed by atoms with Crippen LogP contribution < -0.4 is 4.90 Å². The molecule has 13 rings (SSSR count). The maximum Gasteiger partial charge on any atom is 0.0714 e. The smallest absolute Gasteiger partial charge is 0.0714 e. The minimum absolute atomic E-state index is 0.252. The van der Waals surface area contributed by atoms with Crippen molar-refractivity contribution in [2.75, 3.05) is 4.90 Å². The van der Waals surface area contributed by atoms with E-state index in [9.17, 15) is 0 Å². The van der Waals surface area contributed by atoms with Crippen LogP contribution in [0.4, 0.5) is 17.1 Å². The predicted octanol–water partition coefficient (Wildman–Crippen LogP) is 18.0. The summed E-state index contributed by atoms with van der Waals surface area (Å²) in [6.45, 7) is 4.80. The molecule has 2 aliphatic carbocycles. The molecule has 0 radical (unpaired) electrons. The SMILES string of the molecule is CC1(C)c2cc(-c3ccc4ccccc4c3)ccc2-c2ccc(N(c3ccc4c(c3)C(c3ccccc3)(c3ccccc3)c3ccccc3-4)c3ccccc3-c3cccc(-c4ccccc4)c3)cc21. The first-order valence-corrected chi connectivity index (χ1v) is 24.2. The highest BCUT2D eigenvalue weighted by Gasteiger charge is 2.46. The molecule has 2 aliphatic rings. The Morgan fingerprint density at radius 3 is 1.48 bits per heavy atom. The second kappa shape index (κ2) is 16.1. The van der Waals surface area contributed by atoms with E-state index in [0.29, 0.717) is 0 Å². The lowest BCUT2D eigenvalue weighted by Crippen LogP contribution is -2.28. The Bertz CT molecular complexity index is 3710. The molecule has 1 heteroatoms. The van der Waals surface area contributed by atoms with Crippen molar-refractivity contribution in [1.82, 2.24) is 0 Å². The normalized spacial score (nSPS) is 13.6. The van der Waals surface area contributed by atoms with Crippen molar-refractivity contribution in [3.8, 4) is 55.6 Å². The molecule has 326 valence electrons. The van der Waals surface area contributed by atoms with Gasteiger partial charge in [-0.05, 0) is 143 Å². The zero-order valence-electron chi connectivity index (χ0n) is 38.8. The molecule has 0 bridgehead atoms. The van der Waals surface area contributed by atoms with Gasteiger partial charge >= 0.3 is 0 Å². The summed E-state index contributed by atoms with van der Waals surface area (Å²) in [5.74, 6) is 0. The molecule has 69 heavy (non-hydrogen) atoms. The lowest BCUT2D eigenvalue weighted by molar-refractivity contribution is 0.660. The molecule has 0 unspecified atom stereocenters. The van der Waals surface area contributed by atoms with Crippen LogP contribution in [0.25, 0.3) is 66.4 Å². The molecule has 11 aromatic rings. The summed E-state index contributed by atoms with van der Waals surface area (Å²) >= 11 is 0. The molecule has 0 aromatic heterocycles. The van der Waals surface area contributed by atoms with Crippen molar-refractivity contribution in [3.63, 3.8) is 0 Å². The van der Waals surface area contributed by atoms with Crippen LogP contribution in [-0.4, -0.2) is 0 Å². The Morgan fingerprint density at radius 2 is 0.754 bits per heavy atom. The van der Waals surface area contributed by atoms with E-state index in [2.05, 4.69) is 280 Å². The average Bonchev–Trinajstić information content (AvgIpc) is 3.84. The highest BCUT2D eigenvalue weighted by molar-refractivity contribution is 5.95. The van der Waals surface area contributed by atoms with Crippen LogP contribution in [0.5, 0.6) is 0 Å². The Morgan fingerprint density at radius 1 is 0.275 bits per heavy atom. The molecule has 11 aromatic carbocycles. The number of rotatable bonds is 8. The number of hydrogen-bond donors (Lipinski definition) is 0. The van der Waals surface area contributed by atoms with E-state index in [1.54, 1.807) is 0 Å². The molecule has 0 aliphatic heterocycles. The van der Waals surface area contributed by atoms with E-state index < -0.39 is 5.41 Å². The van der Waals surface area contributed by atoms with E-state index >= 15 is 0 Å². The summed E-state index contributed by atoms with van der Waals surface area (Å²) in [6.07, 6.45) is 0. The predicted molar refractivity (Wildman–Crippen MR) is 290 cm³/mol. The highest BCUT2D eigenvalue weighted by atomic mass is 15.1. The van der Waals surface area contributed by atoms with Gasteiger partial charge in [-0.15, -0.1) is 0 Å². The van der Waals surface area contributed by atoms with E-state index in [-0.39, 0.29) is 5.41 Å². The van der Waals surface area contributed by atoms with E-state index in [1.165, 1.54) is 99.8 Å². The second-order valence-corrected chi connectivity index (χ2v) is 19.2. The van der Waals surface area contributed by atoms with Gasteiger partial charge in [0, 0.05) is 22.4 Å². The second-order valence-electron chi connectivity index (χ2n) is 19.2. The van der Waals surface area contributed by atoms with Gasteiger partial charge in [-0.1, -0.05) is 226 Å². The first kappa shape index (κ1) is 40.7. The van der Waals surface area contributed by atoms with E-state index in [4.69, 9.17) is 0 Å². The van der Waals surface area contributed by atoms with Crippen LogP contribution in [0.2, 0.25) is 0 Å². The Hall–Kier alpha value is -8.52. The molecule has 0 N–H and O–H groups in total. The van der Waals surface area contributed by atoms with Gasteiger partial charge in [-0.2, -0.15) is 0 Å². The zero-order valence-corrected chi connectivity index (χ0v) is 38.8. The number of para-hydroxylation sites is 1. The van der Waals surface area contributed by atoms with Gasteiger partial charge in [0.1, 0.15) is 0 Å². The standard InChI is InChI=1S/C68H49N/c1-67(2)63-43-51(50-34-33-47-21-12-13-22-48(47)41-50)35-38-59(63)60-39-36-55(44-64(60)67)69(66-32-17-15-29-57(66)52-24-18-23-49(42-52)46-19-6-3-7-20-46)56-37-40-61-58-30-14-16-31-62(58)68(65(61)45-56,53-25-8-4-9-26-53)54-27-10-5-11-28-54/h3-45H,1-2H3. The third-order valence-corrected chi connectivity index (χ3v) is 15.1. The topological polar surface area (TPSA) is 3.24 Å². The van der Waals surface area contributed by atoms with Crippen LogP contribution in [0.3, 0.4) is 0 Å². The van der Waals surface area contributed by atoms with Crippen LogP contribution >= 0.6 is 0 Å². The van der Waals surface area contributed by atoms with E-state index in [1.807, 2.05) is 0 Å². The molecule has 0 heterocycles. The quantitative estimate of drug-likeness (QED) is 0.147. The molecule has 0 amide bonds. The van der Waals surface area contributed by atoms with Gasteiger partial charge in [0.15, 0.2) is 0 Å². The number of fused-ring (bicyclic) bond motifs is 7. The fourth-order valence-corrected chi connectivity index (χ4v) is 11.8. The van der Waals surface area contributed by atoms with Crippen LogP contribution in [0.15, 0.2) is 261 Å². The molecule has 0 atom stereocenters. The summed E-state index contributed by atoms with van der Waals surface area (Å²) in [5.41, 5.74) is 22.7. The minimum Gasteiger partial charge on any atom is -0.310 e. The lowest BCUT2D eigenvalue weighted by atomic mass is 9.67. The molecule has 1 nitrogen and oxygen atoms in total. The summed E-state index contributed by atoms with van der Waals surface area (Å²) in [7, 11) is 0. The van der Waals surface area contributed by atoms with Gasteiger partial charge in [-0.3, -0.25) is 0 Å². The van der Waals surface area contributed by atoms with Gasteiger partial charge in [0.2, 0.25) is 0 Å². The number of nitrogens with zero attached hydrogens (tertiary/aromatic N) is 1. The Labute approximate surface area is 405 Å². The van der Waals surface area contributed by atoms with Crippen LogP contribution in [0.1, 0.15) is 47.2 Å². The molecule has 0 spiro atoms. The zero-order chi connectivity index (χ0) is 46.1. The first-order chi connectivity index (χ1) is 34.0. The van der Waals surface area contributed by atoms with Crippen molar-refractivity contribution >= 4 is 27.8 Å². The molecule has 0 fully saturated rings. The van der Waals surface area contributed by atoms with Crippen LogP contribution in [0, 0.1) is 0 Å². The first-order valence-electron chi connectivity index (χ1n) is 24.2. The number of anilines is 3. The fraction of sp³-hybridized carbons (Fsp3) is 0.0588. The van der Waals surface area contributed by atoms with E-state index in [0.717, 1.165) is 17.1 Å². The van der Waals surface area contributed by atoms with Crippen molar-refractivity contribution < 1.29 is 0 Å². The Kier molecular flexibility index (Phi) is 9.49. The maximum atomic E-state index is 2.52. The third kappa shape index (κ3) is 6.46. The van der Waals surface area contributed by atoms with Crippen molar-refractivity contribution in [2.45, 2.75) is 24.7 Å². The Balaban J connectivity index is 1.02. The highest BCUT2D eigenvalue weighted by Crippen LogP contribution is 2.58. The number of benzene rings is 11. The van der Waals surface area contributed by atoms with Gasteiger partial charge in [0.05, 0.1) is 11.1 Å². The van der Waals surface area contributed by atoms with Crippen molar-refractivity contribution in [2.24, 2.45) is 0 Å². The summed E-state index contributed by atoms with van der Waals surface area (Å²) in [6, 6.07) is 97.0. The molecule has 0 saturated carbocycles. The fourth-order valence-electron chi connectivity index (χ4n) is 11.8. The minimum atomic E-state index is -0.538. The number of hydrogen-bond acceptors (Lipinski definition) is 1. The maximum absolute atomic E-state index is 2.52. The van der Waals surface area contributed by atoms with Crippen LogP contribution in [-0.2, 0) is 10.8 Å². The molecular formula is C68H49N. The van der Waals surface area contributed by atoms with Gasteiger partial charge in [-0.25, -0.2) is 0 Å². The summed E-state index contributed by atoms with van der Waals surface area (Å²) in [4.78, 5) is 2.52. The molecule has 0 saturated heterocycles. The third-order valence-electron chi connectivity index (χ3n) is 15.1. The monoisotopic (exact) mass is 879 g/mol. The average molecular weight is 880 g/mol. The largest absolute Gasteiger partial charge is 0.310 e. The molecular weight excluding hydrogens is 831 g/mol.